The molecular weight excluding hydrogens is 248 g/mol. The van der Waals surface area contributed by atoms with Crippen molar-refractivity contribution in [2.45, 2.75) is 63.3 Å². The molecule has 0 spiro atoms. The maximum absolute atomic E-state index is 11.7. The van der Waals surface area contributed by atoms with E-state index in [1.54, 1.807) is 6.92 Å². The zero-order valence-corrected chi connectivity index (χ0v) is 12.3. The third-order valence-electron chi connectivity index (χ3n) is 3.25. The Morgan fingerprint density at radius 1 is 1.44 bits per heavy atom. The first-order valence-electron chi connectivity index (χ1n) is 6.97. The number of hydrogen-bond donors (Lipinski definition) is 3. The zero-order chi connectivity index (χ0) is 13.4. The summed E-state index contributed by atoms with van der Waals surface area (Å²) in [6, 6.07) is 0.208. The van der Waals surface area contributed by atoms with E-state index in [-0.39, 0.29) is 12.1 Å². The number of thioether (sulfide) groups is 1. The lowest BCUT2D eigenvalue weighted by Crippen LogP contribution is -2.48. The Labute approximate surface area is 114 Å². The molecule has 1 aliphatic carbocycles. The van der Waals surface area contributed by atoms with Crippen LogP contribution in [0.5, 0.6) is 0 Å². The van der Waals surface area contributed by atoms with Gasteiger partial charge in [0.2, 0.25) is 0 Å². The molecule has 0 saturated heterocycles. The van der Waals surface area contributed by atoms with Gasteiger partial charge in [0.15, 0.2) is 0 Å². The fraction of sp³-hybridized carbons (Fsp3) is 0.923. The monoisotopic (exact) mass is 274 g/mol. The van der Waals surface area contributed by atoms with Crippen molar-refractivity contribution in [3.8, 4) is 0 Å². The Balaban J connectivity index is 2.27. The van der Waals surface area contributed by atoms with Crippen molar-refractivity contribution in [1.29, 1.82) is 0 Å². The smallest absolute Gasteiger partial charge is 0.315 e. The van der Waals surface area contributed by atoms with Crippen molar-refractivity contribution in [2.75, 3.05) is 12.3 Å². The second-order valence-electron chi connectivity index (χ2n) is 4.92. The number of rotatable bonds is 6. The van der Waals surface area contributed by atoms with Crippen LogP contribution in [0.15, 0.2) is 0 Å². The molecule has 0 bridgehead atoms. The number of hydrogen-bond acceptors (Lipinski definition) is 3. The normalized spacial score (nSPS) is 25.5. The molecule has 4 nitrogen and oxygen atoms in total. The van der Waals surface area contributed by atoms with Crippen LogP contribution < -0.4 is 10.6 Å². The summed E-state index contributed by atoms with van der Waals surface area (Å²) in [6.07, 6.45) is 5.02. The van der Waals surface area contributed by atoms with Crippen LogP contribution in [0, 0.1) is 0 Å². The molecule has 0 heterocycles. The van der Waals surface area contributed by atoms with Crippen LogP contribution in [0.25, 0.3) is 0 Å². The van der Waals surface area contributed by atoms with Crippen molar-refractivity contribution >= 4 is 17.8 Å². The lowest BCUT2D eigenvalue weighted by atomic mass is 9.95. The van der Waals surface area contributed by atoms with Crippen LogP contribution in [0.2, 0.25) is 0 Å². The minimum atomic E-state index is -0.358. The summed E-state index contributed by atoms with van der Waals surface area (Å²) in [7, 11) is 0. The molecule has 18 heavy (non-hydrogen) atoms. The van der Waals surface area contributed by atoms with Crippen molar-refractivity contribution in [3.63, 3.8) is 0 Å². The quantitative estimate of drug-likeness (QED) is 0.695. The number of amides is 2. The molecule has 0 aromatic heterocycles. The molecule has 3 N–H and O–H groups in total. The molecule has 0 aliphatic heterocycles. The number of urea groups is 1. The SMILES string of the molecule is CCSC1CCCCC1NC(=O)NCCC(C)O. The number of aliphatic hydroxyl groups excluding tert-OH is 1. The molecule has 106 valence electrons. The highest BCUT2D eigenvalue weighted by Crippen LogP contribution is 2.28. The van der Waals surface area contributed by atoms with Crippen LogP contribution in [-0.4, -0.2) is 40.8 Å². The van der Waals surface area contributed by atoms with Gasteiger partial charge in [-0.15, -0.1) is 0 Å². The lowest BCUT2D eigenvalue weighted by Gasteiger charge is -2.31. The Bertz CT molecular complexity index is 247. The Hall–Kier alpha value is -0.420. The van der Waals surface area contributed by atoms with E-state index in [9.17, 15) is 4.79 Å². The molecule has 1 saturated carbocycles. The number of aliphatic hydroxyl groups is 1. The fourth-order valence-electron chi connectivity index (χ4n) is 2.29. The number of carbonyl (C=O) groups excluding carboxylic acids is 1. The Morgan fingerprint density at radius 2 is 2.17 bits per heavy atom. The van der Waals surface area contributed by atoms with Crippen molar-refractivity contribution < 1.29 is 9.90 Å². The third kappa shape index (κ3) is 5.96. The summed E-state index contributed by atoms with van der Waals surface area (Å²) in [6.45, 7) is 4.43. The maximum atomic E-state index is 11.7. The van der Waals surface area contributed by atoms with Crippen LogP contribution in [0.4, 0.5) is 4.79 Å². The van der Waals surface area contributed by atoms with Crippen LogP contribution in [0.3, 0.4) is 0 Å². The minimum absolute atomic E-state index is 0.0933. The predicted octanol–water partition coefficient (Wildman–Crippen LogP) is 2.12. The van der Waals surface area contributed by atoms with Crippen molar-refractivity contribution in [1.82, 2.24) is 10.6 Å². The van der Waals surface area contributed by atoms with Gasteiger partial charge >= 0.3 is 6.03 Å². The minimum Gasteiger partial charge on any atom is -0.393 e. The van der Waals surface area contributed by atoms with Crippen LogP contribution in [0.1, 0.15) is 46.0 Å². The summed E-state index contributed by atoms with van der Waals surface area (Å²) in [5.74, 6) is 1.10. The van der Waals surface area contributed by atoms with Gasteiger partial charge < -0.3 is 15.7 Å². The first-order valence-corrected chi connectivity index (χ1v) is 8.02. The average molecular weight is 274 g/mol. The summed E-state index contributed by atoms with van der Waals surface area (Å²) in [4.78, 5) is 11.7. The van der Waals surface area contributed by atoms with Gasteiger partial charge in [-0.05, 0) is 31.9 Å². The molecule has 0 radical (unpaired) electrons. The molecule has 3 atom stereocenters. The van der Waals surface area contributed by atoms with Crippen molar-refractivity contribution in [3.05, 3.63) is 0 Å². The van der Waals surface area contributed by atoms with Gasteiger partial charge in [0.05, 0.1) is 6.10 Å². The molecule has 1 rings (SSSR count). The van der Waals surface area contributed by atoms with Crippen LogP contribution in [-0.2, 0) is 0 Å². The van der Waals surface area contributed by atoms with Crippen LogP contribution >= 0.6 is 11.8 Å². The average Bonchev–Trinajstić information content (AvgIpc) is 2.31. The highest BCUT2D eigenvalue weighted by atomic mass is 32.2. The zero-order valence-electron chi connectivity index (χ0n) is 11.4. The van der Waals surface area contributed by atoms with E-state index in [0.717, 1.165) is 12.2 Å². The standard InChI is InChI=1S/C13H26N2O2S/c1-3-18-12-7-5-4-6-11(12)15-13(17)14-9-8-10(2)16/h10-12,16H,3-9H2,1-2H3,(H2,14,15,17). The maximum Gasteiger partial charge on any atom is 0.315 e. The first-order chi connectivity index (χ1) is 8.63. The van der Waals surface area contributed by atoms with Crippen molar-refractivity contribution in [2.24, 2.45) is 0 Å². The highest BCUT2D eigenvalue weighted by molar-refractivity contribution is 7.99. The molecule has 3 unspecified atom stereocenters. The van der Waals surface area contributed by atoms with E-state index in [4.69, 9.17) is 5.11 Å². The van der Waals surface area contributed by atoms with Gasteiger partial charge in [-0.25, -0.2) is 4.79 Å². The number of nitrogens with one attached hydrogen (secondary N) is 2. The molecule has 1 aliphatic rings. The Morgan fingerprint density at radius 3 is 2.83 bits per heavy atom. The van der Waals surface area contributed by atoms with E-state index in [1.165, 1.54) is 19.3 Å². The second kappa shape index (κ2) is 8.64. The van der Waals surface area contributed by atoms with E-state index in [0.29, 0.717) is 24.3 Å². The largest absolute Gasteiger partial charge is 0.393 e. The second-order valence-corrected chi connectivity index (χ2v) is 6.44. The molecule has 0 aromatic carbocycles. The lowest BCUT2D eigenvalue weighted by molar-refractivity contribution is 0.183. The Kier molecular flexibility index (Phi) is 7.51. The highest BCUT2D eigenvalue weighted by Gasteiger charge is 2.26. The third-order valence-corrected chi connectivity index (χ3v) is 4.57. The van der Waals surface area contributed by atoms with E-state index >= 15 is 0 Å². The number of carbonyl (C=O) groups is 1. The summed E-state index contributed by atoms with van der Waals surface area (Å²) >= 11 is 1.95. The topological polar surface area (TPSA) is 61.4 Å². The predicted molar refractivity (Wildman–Crippen MR) is 77.0 cm³/mol. The summed E-state index contributed by atoms with van der Waals surface area (Å²) in [5.41, 5.74) is 0. The van der Waals surface area contributed by atoms with E-state index < -0.39 is 0 Å². The first kappa shape index (κ1) is 15.6. The van der Waals surface area contributed by atoms with Gasteiger partial charge in [0.25, 0.3) is 0 Å². The molecular formula is C13H26N2O2S. The van der Waals surface area contributed by atoms with Gasteiger partial charge in [-0.2, -0.15) is 11.8 Å². The molecule has 2 amide bonds. The summed E-state index contributed by atoms with van der Waals surface area (Å²) < 4.78 is 0. The van der Waals surface area contributed by atoms with Gasteiger partial charge in [-0.3, -0.25) is 0 Å². The fourth-order valence-corrected chi connectivity index (χ4v) is 3.49. The van der Waals surface area contributed by atoms with Gasteiger partial charge in [0, 0.05) is 17.8 Å². The summed E-state index contributed by atoms with van der Waals surface area (Å²) in [5, 5.41) is 15.6. The van der Waals surface area contributed by atoms with E-state index in [1.807, 2.05) is 11.8 Å². The van der Waals surface area contributed by atoms with E-state index in [2.05, 4.69) is 17.6 Å². The molecule has 1 fully saturated rings. The molecule has 5 heteroatoms. The molecule has 0 aromatic rings. The van der Waals surface area contributed by atoms with Gasteiger partial charge in [0.1, 0.15) is 0 Å². The van der Waals surface area contributed by atoms with Gasteiger partial charge in [-0.1, -0.05) is 19.8 Å².